The number of aliphatic imine (C=N–C) groups is 1. The third-order valence-corrected chi connectivity index (χ3v) is 7.18. The molecule has 204 valence electrons. The van der Waals surface area contributed by atoms with Gasteiger partial charge < -0.3 is 10.2 Å². The van der Waals surface area contributed by atoms with Crippen molar-refractivity contribution in [1.29, 1.82) is 0 Å². The number of rotatable bonds is 25. The molecule has 1 aliphatic heterocycles. The van der Waals surface area contributed by atoms with E-state index in [1.165, 1.54) is 89.9 Å². The molecule has 35 heavy (non-hydrogen) atoms. The third kappa shape index (κ3) is 18.5. The van der Waals surface area contributed by atoms with Crippen LogP contribution in [0.1, 0.15) is 149 Å². The molecule has 0 aromatic rings. The first-order chi connectivity index (χ1) is 17.2. The number of unbranched alkanes of at least 4 members (excludes halogenated alkanes) is 15. The van der Waals surface area contributed by atoms with Crippen molar-refractivity contribution in [3.63, 3.8) is 0 Å². The normalized spacial score (nSPS) is 13.3. The molecule has 0 atom stereocenters. The van der Waals surface area contributed by atoms with Gasteiger partial charge >= 0.3 is 0 Å². The maximum Gasteiger partial charge on any atom is 0.220 e. The van der Waals surface area contributed by atoms with Crippen LogP contribution in [0.25, 0.3) is 0 Å². The number of carbonyl (C=O) groups is 2. The minimum absolute atomic E-state index is 0.172. The van der Waals surface area contributed by atoms with Gasteiger partial charge in [0.05, 0.1) is 12.4 Å². The summed E-state index contributed by atoms with van der Waals surface area (Å²) in [7, 11) is 0. The van der Waals surface area contributed by atoms with E-state index in [1.54, 1.807) is 0 Å². The Morgan fingerprint density at radius 3 is 1.80 bits per heavy atom. The lowest BCUT2D eigenvalue weighted by Crippen LogP contribution is -2.37. The lowest BCUT2D eigenvalue weighted by atomic mass is 10.0. The van der Waals surface area contributed by atoms with Crippen molar-refractivity contribution in [1.82, 2.24) is 10.2 Å². The monoisotopic (exact) mass is 491 g/mol. The summed E-state index contributed by atoms with van der Waals surface area (Å²) in [4.78, 5) is 31.3. The molecule has 1 amide bonds. The number of ketones is 1. The fourth-order valence-corrected chi connectivity index (χ4v) is 4.85. The molecule has 1 aliphatic rings. The van der Waals surface area contributed by atoms with E-state index in [0.29, 0.717) is 25.2 Å². The van der Waals surface area contributed by atoms with Crippen LogP contribution in [-0.4, -0.2) is 48.6 Å². The lowest BCUT2D eigenvalue weighted by Gasteiger charge is -2.20. The molecule has 0 aliphatic carbocycles. The van der Waals surface area contributed by atoms with Gasteiger partial charge in [-0.1, -0.05) is 110 Å². The van der Waals surface area contributed by atoms with Gasteiger partial charge in [-0.3, -0.25) is 14.6 Å². The molecule has 0 aromatic heterocycles. The predicted molar refractivity (Wildman–Crippen MR) is 150 cm³/mol. The molecule has 0 spiro atoms. The molecule has 0 radical (unpaired) electrons. The molecular weight excluding hydrogens is 434 g/mol. The number of amides is 1. The highest BCUT2D eigenvalue weighted by atomic mass is 16.1. The molecule has 0 saturated carbocycles. The standard InChI is InChI=1S/C30H57N3O2/c1-3-5-7-9-11-13-15-17-19-21-30(35)32-25-27-33-26-24-31-29(33)23-22-28(34)20-18-16-14-12-10-8-6-4-2/h3-27H2,1-2H3,(H,32,35). The van der Waals surface area contributed by atoms with Gasteiger partial charge in [0.2, 0.25) is 5.91 Å². The Morgan fingerprint density at radius 2 is 1.23 bits per heavy atom. The fraction of sp³-hybridized carbons (Fsp3) is 0.900. The van der Waals surface area contributed by atoms with Crippen molar-refractivity contribution in [3.05, 3.63) is 0 Å². The van der Waals surface area contributed by atoms with Crippen LogP contribution in [0.15, 0.2) is 4.99 Å². The first kappa shape index (κ1) is 31.6. The summed E-state index contributed by atoms with van der Waals surface area (Å²) >= 11 is 0. The van der Waals surface area contributed by atoms with Gasteiger partial charge in [0.1, 0.15) is 5.78 Å². The van der Waals surface area contributed by atoms with Gasteiger partial charge in [0, 0.05) is 45.3 Å². The van der Waals surface area contributed by atoms with Crippen molar-refractivity contribution < 1.29 is 9.59 Å². The van der Waals surface area contributed by atoms with Crippen molar-refractivity contribution in [2.24, 2.45) is 4.99 Å². The van der Waals surface area contributed by atoms with Gasteiger partial charge in [0.25, 0.3) is 0 Å². The van der Waals surface area contributed by atoms with Gasteiger partial charge in [-0.15, -0.1) is 0 Å². The van der Waals surface area contributed by atoms with Gasteiger partial charge in [-0.25, -0.2) is 0 Å². The number of carbonyl (C=O) groups excluding carboxylic acids is 2. The molecule has 0 aromatic carbocycles. The van der Waals surface area contributed by atoms with E-state index in [4.69, 9.17) is 0 Å². The summed E-state index contributed by atoms with van der Waals surface area (Å²) in [6, 6.07) is 0. The number of amidine groups is 1. The molecular formula is C30H57N3O2. The second-order valence-electron chi connectivity index (χ2n) is 10.5. The smallest absolute Gasteiger partial charge is 0.220 e. The average molecular weight is 492 g/mol. The first-order valence-corrected chi connectivity index (χ1v) is 15.2. The number of nitrogens with one attached hydrogen (secondary N) is 1. The van der Waals surface area contributed by atoms with E-state index in [0.717, 1.165) is 57.6 Å². The van der Waals surface area contributed by atoms with Crippen molar-refractivity contribution in [2.75, 3.05) is 26.2 Å². The minimum atomic E-state index is 0.172. The first-order valence-electron chi connectivity index (χ1n) is 15.2. The topological polar surface area (TPSA) is 61.8 Å². The highest BCUT2D eigenvalue weighted by molar-refractivity contribution is 5.88. The Kier molecular flexibility index (Phi) is 20.8. The second kappa shape index (κ2) is 23.0. The Bertz CT molecular complexity index is 562. The van der Waals surface area contributed by atoms with Crippen molar-refractivity contribution >= 4 is 17.5 Å². The SMILES string of the molecule is CCCCCCCCCCCC(=O)NCCN1CCN=C1CCC(=O)CCCCCCCCCC. The highest BCUT2D eigenvalue weighted by Crippen LogP contribution is 2.13. The molecule has 0 fully saturated rings. The van der Waals surface area contributed by atoms with E-state index in [2.05, 4.69) is 29.1 Å². The Balaban J connectivity index is 1.99. The summed E-state index contributed by atoms with van der Waals surface area (Å²) < 4.78 is 0. The van der Waals surface area contributed by atoms with E-state index < -0.39 is 0 Å². The number of Topliss-reactive ketones (excluding diaryl/α,β-unsaturated/α-hetero) is 1. The van der Waals surface area contributed by atoms with E-state index >= 15 is 0 Å². The van der Waals surface area contributed by atoms with Gasteiger partial charge in [-0.2, -0.15) is 0 Å². The third-order valence-electron chi connectivity index (χ3n) is 7.18. The quantitative estimate of drug-likeness (QED) is 0.134. The van der Waals surface area contributed by atoms with Crippen LogP contribution in [0.3, 0.4) is 0 Å². The molecule has 0 unspecified atom stereocenters. The zero-order valence-corrected chi connectivity index (χ0v) is 23.4. The maximum atomic E-state index is 12.3. The fourth-order valence-electron chi connectivity index (χ4n) is 4.85. The summed E-state index contributed by atoms with van der Waals surface area (Å²) in [5.74, 6) is 1.61. The Morgan fingerprint density at radius 1 is 0.714 bits per heavy atom. The van der Waals surface area contributed by atoms with Crippen LogP contribution in [0.2, 0.25) is 0 Å². The molecule has 5 nitrogen and oxygen atoms in total. The molecule has 0 bridgehead atoms. The van der Waals surface area contributed by atoms with Crippen LogP contribution in [0.4, 0.5) is 0 Å². The van der Waals surface area contributed by atoms with Crippen LogP contribution in [0, 0.1) is 0 Å². The van der Waals surface area contributed by atoms with Crippen LogP contribution < -0.4 is 5.32 Å². The second-order valence-corrected chi connectivity index (χ2v) is 10.5. The Labute approximate surface area is 217 Å². The summed E-state index contributed by atoms with van der Waals surface area (Å²) in [5.41, 5.74) is 0. The largest absolute Gasteiger partial charge is 0.357 e. The number of hydrogen-bond acceptors (Lipinski definition) is 4. The maximum absolute atomic E-state index is 12.3. The zero-order chi connectivity index (χ0) is 25.4. The van der Waals surface area contributed by atoms with Gasteiger partial charge in [0.15, 0.2) is 0 Å². The molecule has 0 saturated heterocycles. The molecule has 1 heterocycles. The van der Waals surface area contributed by atoms with E-state index in [-0.39, 0.29) is 5.91 Å². The highest BCUT2D eigenvalue weighted by Gasteiger charge is 2.17. The molecule has 5 heteroatoms. The molecule has 1 rings (SSSR count). The van der Waals surface area contributed by atoms with Crippen LogP contribution in [-0.2, 0) is 9.59 Å². The lowest BCUT2D eigenvalue weighted by molar-refractivity contribution is -0.121. The summed E-state index contributed by atoms with van der Waals surface area (Å²) in [6.07, 6.45) is 24.4. The van der Waals surface area contributed by atoms with E-state index in [9.17, 15) is 9.59 Å². The average Bonchev–Trinajstić information content (AvgIpc) is 3.30. The predicted octanol–water partition coefficient (Wildman–Crippen LogP) is 7.62. The zero-order valence-electron chi connectivity index (χ0n) is 23.4. The number of hydrogen-bond donors (Lipinski definition) is 1. The minimum Gasteiger partial charge on any atom is -0.357 e. The van der Waals surface area contributed by atoms with Crippen molar-refractivity contribution in [2.45, 2.75) is 149 Å². The summed E-state index contributed by atoms with van der Waals surface area (Å²) in [5, 5.41) is 3.07. The Hall–Kier alpha value is -1.39. The van der Waals surface area contributed by atoms with Crippen molar-refractivity contribution in [3.8, 4) is 0 Å². The van der Waals surface area contributed by atoms with E-state index in [1.807, 2.05) is 0 Å². The summed E-state index contributed by atoms with van der Waals surface area (Å²) in [6.45, 7) is 7.70. The van der Waals surface area contributed by atoms with Crippen LogP contribution >= 0.6 is 0 Å². The molecule has 1 N–H and O–H groups in total. The van der Waals surface area contributed by atoms with Gasteiger partial charge in [-0.05, 0) is 12.8 Å². The van der Waals surface area contributed by atoms with Crippen LogP contribution in [0.5, 0.6) is 0 Å². The number of nitrogens with zero attached hydrogens (tertiary/aromatic N) is 2.